The first-order valence-corrected chi connectivity index (χ1v) is 8.91. The number of aldehydes is 1. The first-order valence-electron chi connectivity index (χ1n) is 5.60. The number of carbonyl (C=O) groups excluding carboxylic acids is 1. The van der Waals surface area contributed by atoms with Crippen molar-refractivity contribution in [2.75, 3.05) is 11.5 Å². The summed E-state index contributed by atoms with van der Waals surface area (Å²) in [5.41, 5.74) is 0. The van der Waals surface area contributed by atoms with E-state index < -0.39 is 25.9 Å². The van der Waals surface area contributed by atoms with Crippen LogP contribution in [0.5, 0.6) is 0 Å². The van der Waals surface area contributed by atoms with Gasteiger partial charge < -0.3 is 4.42 Å². The van der Waals surface area contributed by atoms with E-state index in [1.165, 1.54) is 12.1 Å². The van der Waals surface area contributed by atoms with Crippen LogP contribution >= 0.6 is 0 Å². The monoisotopic (exact) mass is 307 g/mol. The van der Waals surface area contributed by atoms with Gasteiger partial charge in [-0.15, -0.1) is 0 Å². The smallest absolute Gasteiger partial charge is 0.274 e. The fourth-order valence-corrected chi connectivity index (χ4v) is 4.56. The highest BCUT2D eigenvalue weighted by molar-refractivity contribution is 7.91. The van der Waals surface area contributed by atoms with Crippen molar-refractivity contribution in [1.82, 2.24) is 4.72 Å². The van der Waals surface area contributed by atoms with Crippen LogP contribution in [0.1, 0.15) is 23.4 Å². The average molecular weight is 307 g/mol. The number of furan rings is 1. The van der Waals surface area contributed by atoms with Crippen molar-refractivity contribution in [3.05, 3.63) is 17.9 Å². The predicted molar refractivity (Wildman–Crippen MR) is 66.1 cm³/mol. The molecule has 0 bridgehead atoms. The van der Waals surface area contributed by atoms with Crippen molar-refractivity contribution in [2.24, 2.45) is 0 Å². The summed E-state index contributed by atoms with van der Waals surface area (Å²) in [6.45, 7) is 0. The molecule has 0 aromatic carbocycles. The molecule has 19 heavy (non-hydrogen) atoms. The highest BCUT2D eigenvalue weighted by atomic mass is 32.2. The Kier molecular flexibility index (Phi) is 3.79. The Balaban J connectivity index is 2.08. The molecule has 1 aliphatic heterocycles. The lowest BCUT2D eigenvalue weighted by Gasteiger charge is -2.22. The van der Waals surface area contributed by atoms with Gasteiger partial charge in [-0.2, -0.15) is 0 Å². The number of rotatable bonds is 4. The largest absolute Gasteiger partial charge is 0.440 e. The Hall–Kier alpha value is -1.19. The third-order valence-electron chi connectivity index (χ3n) is 2.86. The van der Waals surface area contributed by atoms with Crippen molar-refractivity contribution in [2.45, 2.75) is 24.0 Å². The van der Waals surface area contributed by atoms with E-state index in [0.717, 1.165) is 0 Å². The van der Waals surface area contributed by atoms with Crippen LogP contribution < -0.4 is 4.72 Å². The fourth-order valence-electron chi connectivity index (χ4n) is 1.83. The molecule has 1 N–H and O–H groups in total. The fraction of sp³-hybridized carbons (Fsp3) is 0.500. The molecule has 1 aromatic rings. The molecule has 0 spiro atoms. The first-order chi connectivity index (χ1) is 8.82. The molecule has 1 aromatic heterocycles. The van der Waals surface area contributed by atoms with Crippen LogP contribution in [0.2, 0.25) is 0 Å². The number of nitrogens with one attached hydrogen (secondary N) is 1. The van der Waals surface area contributed by atoms with Gasteiger partial charge in [-0.1, -0.05) is 0 Å². The SMILES string of the molecule is O=Cc1ccc(S(=O)(=O)NC2CCS(=O)(=O)CC2)o1. The van der Waals surface area contributed by atoms with Crippen LogP contribution in [-0.2, 0) is 19.9 Å². The van der Waals surface area contributed by atoms with Gasteiger partial charge in [0, 0.05) is 6.04 Å². The van der Waals surface area contributed by atoms with Gasteiger partial charge in [0.05, 0.1) is 11.5 Å². The van der Waals surface area contributed by atoms with E-state index in [-0.39, 0.29) is 35.2 Å². The van der Waals surface area contributed by atoms with E-state index in [0.29, 0.717) is 6.29 Å². The van der Waals surface area contributed by atoms with E-state index in [2.05, 4.69) is 4.72 Å². The van der Waals surface area contributed by atoms with Crippen LogP contribution in [0.25, 0.3) is 0 Å². The van der Waals surface area contributed by atoms with Gasteiger partial charge in [-0.25, -0.2) is 21.6 Å². The normalized spacial score (nSPS) is 20.2. The van der Waals surface area contributed by atoms with Gasteiger partial charge >= 0.3 is 0 Å². The van der Waals surface area contributed by atoms with E-state index >= 15 is 0 Å². The van der Waals surface area contributed by atoms with Gasteiger partial charge in [0.2, 0.25) is 5.09 Å². The Labute approximate surface area is 111 Å². The van der Waals surface area contributed by atoms with E-state index in [9.17, 15) is 21.6 Å². The summed E-state index contributed by atoms with van der Waals surface area (Å²) >= 11 is 0. The molecule has 0 amide bonds. The summed E-state index contributed by atoms with van der Waals surface area (Å²) in [5.74, 6) is -0.137. The Morgan fingerprint density at radius 1 is 1.26 bits per heavy atom. The topological polar surface area (TPSA) is 111 Å². The first kappa shape index (κ1) is 14.2. The summed E-state index contributed by atoms with van der Waals surface area (Å²) in [5, 5.41) is -0.344. The molecule has 2 rings (SSSR count). The second kappa shape index (κ2) is 5.06. The number of sulfonamides is 1. The molecule has 0 aliphatic carbocycles. The molecular formula is C10H13NO6S2. The maximum atomic E-state index is 11.9. The third kappa shape index (κ3) is 3.43. The van der Waals surface area contributed by atoms with Crippen LogP contribution in [-0.4, -0.2) is 40.7 Å². The Morgan fingerprint density at radius 3 is 2.42 bits per heavy atom. The van der Waals surface area contributed by atoms with Gasteiger partial charge in [0.1, 0.15) is 9.84 Å². The highest BCUT2D eigenvalue weighted by Crippen LogP contribution is 2.17. The summed E-state index contributed by atoms with van der Waals surface area (Å²) in [6, 6.07) is 2.01. The van der Waals surface area contributed by atoms with Crippen LogP contribution in [0.3, 0.4) is 0 Å². The second-order valence-corrected chi connectivity index (χ2v) is 8.27. The van der Waals surface area contributed by atoms with Crippen LogP contribution in [0.15, 0.2) is 21.6 Å². The van der Waals surface area contributed by atoms with E-state index in [1.807, 2.05) is 0 Å². The molecule has 1 fully saturated rings. The molecule has 1 aliphatic rings. The molecule has 1 saturated heterocycles. The molecule has 0 radical (unpaired) electrons. The number of sulfone groups is 1. The minimum atomic E-state index is -3.86. The maximum absolute atomic E-state index is 11.9. The van der Waals surface area contributed by atoms with Crippen LogP contribution in [0.4, 0.5) is 0 Å². The van der Waals surface area contributed by atoms with Gasteiger partial charge in [-0.05, 0) is 25.0 Å². The summed E-state index contributed by atoms with van der Waals surface area (Å²) < 4.78 is 53.5. The summed E-state index contributed by atoms with van der Waals surface area (Å²) in [4.78, 5) is 10.4. The standard InChI is InChI=1S/C10H13NO6S2/c12-7-9-1-2-10(17-9)19(15,16)11-8-3-5-18(13,14)6-4-8/h1-2,7-8,11H,3-6H2. The lowest BCUT2D eigenvalue weighted by Crippen LogP contribution is -2.40. The molecule has 106 valence electrons. The van der Waals surface area contributed by atoms with E-state index in [1.54, 1.807) is 0 Å². The van der Waals surface area contributed by atoms with E-state index in [4.69, 9.17) is 4.42 Å². The quantitative estimate of drug-likeness (QED) is 0.781. The average Bonchev–Trinajstić information content (AvgIpc) is 2.81. The zero-order valence-electron chi connectivity index (χ0n) is 9.90. The number of hydrogen-bond acceptors (Lipinski definition) is 6. The molecular weight excluding hydrogens is 294 g/mol. The Morgan fingerprint density at radius 2 is 1.89 bits per heavy atom. The zero-order chi connectivity index (χ0) is 14.1. The van der Waals surface area contributed by atoms with Crippen molar-refractivity contribution in [3.8, 4) is 0 Å². The van der Waals surface area contributed by atoms with Gasteiger partial charge in [0.15, 0.2) is 12.0 Å². The minimum absolute atomic E-state index is 0.0298. The van der Waals surface area contributed by atoms with Crippen molar-refractivity contribution < 1.29 is 26.0 Å². The van der Waals surface area contributed by atoms with Crippen molar-refractivity contribution in [1.29, 1.82) is 0 Å². The Bertz CT molecular complexity index is 659. The van der Waals surface area contributed by atoms with Crippen molar-refractivity contribution in [3.63, 3.8) is 0 Å². The minimum Gasteiger partial charge on any atom is -0.440 e. The van der Waals surface area contributed by atoms with Gasteiger partial charge in [-0.3, -0.25) is 4.79 Å². The molecule has 0 atom stereocenters. The predicted octanol–water partition coefficient (Wildman–Crippen LogP) is -0.0524. The maximum Gasteiger partial charge on any atom is 0.274 e. The summed E-state index contributed by atoms with van der Waals surface area (Å²) in [7, 11) is -6.90. The molecule has 0 saturated carbocycles. The third-order valence-corrected chi connectivity index (χ3v) is 5.97. The zero-order valence-corrected chi connectivity index (χ0v) is 11.5. The number of hydrogen-bond donors (Lipinski definition) is 1. The van der Waals surface area contributed by atoms with Crippen molar-refractivity contribution >= 4 is 26.1 Å². The lowest BCUT2D eigenvalue weighted by molar-refractivity contribution is 0.109. The molecule has 9 heteroatoms. The molecule has 2 heterocycles. The highest BCUT2D eigenvalue weighted by Gasteiger charge is 2.28. The van der Waals surface area contributed by atoms with Gasteiger partial charge in [0.25, 0.3) is 10.0 Å². The molecule has 0 unspecified atom stereocenters. The molecule has 7 nitrogen and oxygen atoms in total. The lowest BCUT2D eigenvalue weighted by atomic mass is 10.2. The summed E-state index contributed by atoms with van der Waals surface area (Å²) in [6.07, 6.45) is 0.887. The second-order valence-electron chi connectivity index (χ2n) is 4.32. The number of carbonyl (C=O) groups is 1. The van der Waals surface area contributed by atoms with Crippen LogP contribution in [0, 0.1) is 0 Å².